The first kappa shape index (κ1) is 21.6. The third-order valence-electron chi connectivity index (χ3n) is 6.21. The van der Waals surface area contributed by atoms with Gasteiger partial charge >= 0.3 is 18.0 Å². The zero-order chi connectivity index (χ0) is 23.4. The van der Waals surface area contributed by atoms with Crippen LogP contribution >= 0.6 is 0 Å². The number of carbonyl (C=O) groups excluding carboxylic acids is 2. The number of nitrogens with two attached hydrogens (primary N) is 3. The molecule has 1 spiro atoms. The highest BCUT2D eigenvalue weighted by Crippen LogP contribution is 2.42. The number of aliphatic hydroxyl groups is 2. The number of nitrogens with one attached hydrogen (secondary N) is 2. The van der Waals surface area contributed by atoms with Gasteiger partial charge in [-0.3, -0.25) is 11.1 Å². The van der Waals surface area contributed by atoms with Crippen LogP contribution in [-0.4, -0.2) is 81.6 Å². The average Bonchev–Trinajstić information content (AvgIpc) is 3.17. The SMILES string of the molecule is Cc1ccc(C(=O)O[C@H]2C[N+]3=C(N)N[C@@H](COC(N)=O)[C@@H]4N=C(N)N[C@@]43C2(O)O)cc1C. The van der Waals surface area contributed by atoms with E-state index in [1.807, 2.05) is 13.8 Å². The second-order valence-electron chi connectivity index (χ2n) is 8.15. The van der Waals surface area contributed by atoms with Crippen molar-refractivity contribution in [2.45, 2.75) is 43.5 Å². The number of esters is 1. The highest BCUT2D eigenvalue weighted by molar-refractivity contribution is 5.90. The van der Waals surface area contributed by atoms with Crippen molar-refractivity contribution in [1.29, 1.82) is 0 Å². The molecule has 1 saturated heterocycles. The van der Waals surface area contributed by atoms with Gasteiger partial charge in [0.2, 0.25) is 5.66 Å². The van der Waals surface area contributed by atoms with Crippen molar-refractivity contribution in [1.82, 2.24) is 10.6 Å². The van der Waals surface area contributed by atoms with Crippen molar-refractivity contribution in [3.05, 3.63) is 34.9 Å². The normalized spacial score (nSPS) is 29.9. The van der Waals surface area contributed by atoms with E-state index in [-0.39, 0.29) is 30.6 Å². The molecule has 4 rings (SSSR count). The number of benzene rings is 1. The Hall–Kier alpha value is -3.58. The molecule has 0 aliphatic carbocycles. The van der Waals surface area contributed by atoms with Crippen molar-refractivity contribution in [3.63, 3.8) is 0 Å². The molecule has 0 unspecified atom stereocenters. The molecule has 0 radical (unpaired) electrons. The largest absolute Gasteiger partial charge is 0.449 e. The maximum atomic E-state index is 12.8. The van der Waals surface area contributed by atoms with Gasteiger partial charge in [0.1, 0.15) is 19.2 Å². The summed E-state index contributed by atoms with van der Waals surface area (Å²) >= 11 is 0. The molecule has 13 heteroatoms. The van der Waals surface area contributed by atoms with E-state index in [4.69, 9.17) is 26.7 Å². The number of aliphatic imine (C=N–C) groups is 1. The fraction of sp³-hybridized carbons (Fsp3) is 0.474. The molecule has 1 fully saturated rings. The first-order valence-corrected chi connectivity index (χ1v) is 9.90. The fourth-order valence-corrected chi connectivity index (χ4v) is 4.47. The number of guanidine groups is 2. The topological polar surface area (TPSA) is 211 Å². The molecule has 13 nitrogen and oxygen atoms in total. The summed E-state index contributed by atoms with van der Waals surface area (Å²) in [5.41, 5.74) is 17.4. The molecular weight excluding hydrogens is 422 g/mol. The molecule has 3 aliphatic heterocycles. The highest BCUT2D eigenvalue weighted by Gasteiger charge is 2.76. The number of hydrogen-bond donors (Lipinski definition) is 7. The molecule has 10 N–H and O–H groups in total. The third-order valence-corrected chi connectivity index (χ3v) is 6.21. The van der Waals surface area contributed by atoms with Crippen LogP contribution in [-0.2, 0) is 9.47 Å². The fourth-order valence-electron chi connectivity index (χ4n) is 4.47. The molecule has 0 saturated carbocycles. The minimum atomic E-state index is -2.67. The summed E-state index contributed by atoms with van der Waals surface area (Å²) in [5.74, 6) is -3.47. The molecule has 1 aromatic carbocycles. The lowest BCUT2D eigenvalue weighted by atomic mass is 9.86. The maximum Gasteiger partial charge on any atom is 0.404 e. The van der Waals surface area contributed by atoms with Crippen LogP contribution in [0.4, 0.5) is 4.79 Å². The van der Waals surface area contributed by atoms with Crippen molar-refractivity contribution in [2.75, 3.05) is 13.2 Å². The lowest BCUT2D eigenvalue weighted by Gasteiger charge is -2.43. The molecule has 32 heavy (non-hydrogen) atoms. The van der Waals surface area contributed by atoms with Crippen LogP contribution in [0.25, 0.3) is 0 Å². The van der Waals surface area contributed by atoms with Gasteiger partial charge in [-0.15, -0.1) is 0 Å². The number of primary amides is 1. The van der Waals surface area contributed by atoms with Crippen molar-refractivity contribution in [2.24, 2.45) is 22.2 Å². The monoisotopic (exact) mass is 448 g/mol. The number of nitrogens with zero attached hydrogens (tertiary/aromatic N) is 2. The number of aryl methyl sites for hydroxylation is 2. The van der Waals surface area contributed by atoms with E-state index in [1.54, 1.807) is 18.2 Å². The third kappa shape index (κ3) is 3.08. The number of carbonyl (C=O) groups is 2. The van der Waals surface area contributed by atoms with Gasteiger partial charge < -0.3 is 36.5 Å². The second kappa shape index (κ2) is 7.24. The van der Waals surface area contributed by atoms with Crippen LogP contribution in [0.3, 0.4) is 0 Å². The summed E-state index contributed by atoms with van der Waals surface area (Å²) in [6.45, 7) is 3.33. The van der Waals surface area contributed by atoms with Gasteiger partial charge in [0.15, 0.2) is 18.1 Å². The molecule has 3 heterocycles. The van der Waals surface area contributed by atoms with E-state index in [9.17, 15) is 19.8 Å². The second-order valence-corrected chi connectivity index (χ2v) is 8.15. The Labute approximate surface area is 182 Å². The molecule has 0 aromatic heterocycles. The summed E-state index contributed by atoms with van der Waals surface area (Å²) in [5, 5.41) is 28.2. The summed E-state index contributed by atoms with van der Waals surface area (Å²) in [6, 6.07) is 3.26. The van der Waals surface area contributed by atoms with Crippen LogP contribution in [0.15, 0.2) is 23.2 Å². The minimum Gasteiger partial charge on any atom is -0.449 e. The molecule has 1 aromatic rings. The van der Waals surface area contributed by atoms with Gasteiger partial charge in [-0.2, -0.15) is 0 Å². The Morgan fingerprint density at radius 2 is 2.00 bits per heavy atom. The Morgan fingerprint density at radius 3 is 2.66 bits per heavy atom. The summed E-state index contributed by atoms with van der Waals surface area (Å²) in [7, 11) is 0. The first-order valence-electron chi connectivity index (χ1n) is 9.90. The molecular formula is C19H26N7O6+. The van der Waals surface area contributed by atoms with E-state index >= 15 is 0 Å². The van der Waals surface area contributed by atoms with Gasteiger partial charge in [0.05, 0.1) is 5.56 Å². The summed E-state index contributed by atoms with van der Waals surface area (Å²) in [6.07, 6.45) is -2.43. The Kier molecular flexibility index (Phi) is 4.90. The Balaban J connectivity index is 1.67. The Morgan fingerprint density at radius 1 is 1.28 bits per heavy atom. The molecule has 1 amide bonds. The summed E-state index contributed by atoms with van der Waals surface area (Å²) in [4.78, 5) is 28.1. The molecule has 4 atom stereocenters. The van der Waals surface area contributed by atoms with Gasteiger partial charge in [0, 0.05) is 0 Å². The van der Waals surface area contributed by atoms with E-state index in [1.165, 1.54) is 4.58 Å². The van der Waals surface area contributed by atoms with E-state index in [2.05, 4.69) is 15.6 Å². The number of amides is 1. The number of rotatable bonds is 4. The van der Waals surface area contributed by atoms with Crippen LogP contribution in [0.5, 0.6) is 0 Å². The zero-order valence-corrected chi connectivity index (χ0v) is 17.5. The van der Waals surface area contributed by atoms with Crippen molar-refractivity contribution < 1.29 is 33.9 Å². The van der Waals surface area contributed by atoms with E-state index < -0.39 is 41.7 Å². The van der Waals surface area contributed by atoms with Crippen molar-refractivity contribution in [3.8, 4) is 0 Å². The van der Waals surface area contributed by atoms with Crippen LogP contribution in [0.1, 0.15) is 21.5 Å². The smallest absolute Gasteiger partial charge is 0.404 e. The minimum absolute atomic E-state index is 0.0222. The molecule has 3 aliphatic rings. The highest BCUT2D eigenvalue weighted by atomic mass is 16.6. The van der Waals surface area contributed by atoms with Gasteiger partial charge in [-0.05, 0) is 37.1 Å². The maximum absolute atomic E-state index is 12.8. The standard InChI is InChI=1S/C19H25N7O6/c1-8-3-4-10(5-9(8)2)14(27)32-12-6-26-16(21)23-11(7-31-17(22)28)13-18(26,19(12,29)30)25-15(20)24-13/h3-5,11-13,29-30H,6-7H2,1-2H3,(H7,20,21,22,23,24,25,28)/p+1/t11-,12-,13-,18-/m0/s1. The quantitative estimate of drug-likeness (QED) is 0.140. The predicted molar refractivity (Wildman–Crippen MR) is 110 cm³/mol. The lowest BCUT2D eigenvalue weighted by molar-refractivity contribution is -0.623. The average molecular weight is 448 g/mol. The number of ether oxygens (including phenoxy) is 2. The van der Waals surface area contributed by atoms with Gasteiger partial charge in [-0.1, -0.05) is 6.07 Å². The van der Waals surface area contributed by atoms with Crippen LogP contribution in [0.2, 0.25) is 0 Å². The Bertz CT molecular complexity index is 1050. The van der Waals surface area contributed by atoms with Gasteiger partial charge in [0.25, 0.3) is 5.79 Å². The molecule has 0 bridgehead atoms. The van der Waals surface area contributed by atoms with Crippen molar-refractivity contribution >= 4 is 24.0 Å². The zero-order valence-electron chi connectivity index (χ0n) is 17.5. The molecule has 172 valence electrons. The van der Waals surface area contributed by atoms with Crippen LogP contribution < -0.4 is 27.8 Å². The van der Waals surface area contributed by atoms with Gasteiger partial charge in [-0.25, -0.2) is 19.2 Å². The van der Waals surface area contributed by atoms with E-state index in [0.29, 0.717) is 0 Å². The predicted octanol–water partition coefficient (Wildman–Crippen LogP) is -3.10. The lowest BCUT2D eigenvalue weighted by Crippen LogP contribution is -2.78. The number of hydrogen-bond acceptors (Lipinski definition) is 11. The first-order chi connectivity index (χ1) is 15.0. The van der Waals surface area contributed by atoms with E-state index in [0.717, 1.165) is 11.1 Å². The van der Waals surface area contributed by atoms with Crippen LogP contribution in [0, 0.1) is 13.8 Å². The summed E-state index contributed by atoms with van der Waals surface area (Å²) < 4.78 is 11.8.